The summed E-state index contributed by atoms with van der Waals surface area (Å²) in [5.74, 6) is 0.227. The maximum absolute atomic E-state index is 11.3. The zero-order chi connectivity index (χ0) is 13.0. The number of aliphatic hydroxyl groups excluding tert-OH is 1. The molecule has 0 aromatic carbocycles. The summed E-state index contributed by atoms with van der Waals surface area (Å²) in [5.41, 5.74) is 0. The number of amides is 1. The van der Waals surface area contributed by atoms with Crippen LogP contribution in [-0.2, 0) is 4.79 Å². The van der Waals surface area contributed by atoms with E-state index < -0.39 is 0 Å². The number of hydrogen-bond donors (Lipinski definition) is 2. The zero-order valence-electron chi connectivity index (χ0n) is 11.3. The molecule has 104 valence electrons. The molecule has 2 atom stereocenters. The molecule has 5 heteroatoms. The third kappa shape index (κ3) is 3.93. The van der Waals surface area contributed by atoms with Gasteiger partial charge in [0.25, 0.3) is 0 Å². The molecular weight excluding hydrogens is 230 g/mol. The summed E-state index contributed by atoms with van der Waals surface area (Å²) < 4.78 is 0. The monoisotopic (exact) mass is 255 g/mol. The lowest BCUT2D eigenvalue weighted by atomic mass is 10.1. The number of aliphatic hydroxyl groups is 1. The molecule has 0 saturated carbocycles. The molecular formula is C13H25N3O2. The van der Waals surface area contributed by atoms with E-state index in [1.54, 1.807) is 4.90 Å². The predicted molar refractivity (Wildman–Crippen MR) is 70.3 cm³/mol. The number of β-amino-alcohol motifs (C(OH)–C–C–N with tert-alkyl or cyclic N) is 1. The first kappa shape index (κ1) is 13.8. The highest BCUT2D eigenvalue weighted by molar-refractivity contribution is 5.76. The lowest BCUT2D eigenvalue weighted by Gasteiger charge is -2.31. The minimum absolute atomic E-state index is 0.227. The van der Waals surface area contributed by atoms with E-state index in [9.17, 15) is 9.90 Å². The largest absolute Gasteiger partial charge is 0.390 e. The summed E-state index contributed by atoms with van der Waals surface area (Å²) in [4.78, 5) is 15.4. The molecule has 0 bridgehead atoms. The second-order valence-corrected chi connectivity index (χ2v) is 5.58. The van der Waals surface area contributed by atoms with Crippen molar-refractivity contribution in [1.29, 1.82) is 0 Å². The first-order chi connectivity index (χ1) is 8.65. The van der Waals surface area contributed by atoms with Crippen LogP contribution < -0.4 is 5.32 Å². The molecule has 2 fully saturated rings. The van der Waals surface area contributed by atoms with Gasteiger partial charge in [0.05, 0.1) is 6.10 Å². The van der Waals surface area contributed by atoms with Crippen LogP contribution in [0.4, 0.5) is 0 Å². The molecule has 0 radical (unpaired) electrons. The van der Waals surface area contributed by atoms with Gasteiger partial charge in [-0.25, -0.2) is 0 Å². The number of carbonyl (C=O) groups excluding carboxylic acids is 1. The first-order valence-electron chi connectivity index (χ1n) is 7.03. The quantitative estimate of drug-likeness (QED) is 0.705. The summed E-state index contributed by atoms with van der Waals surface area (Å²) in [6.07, 6.45) is 3.73. The van der Waals surface area contributed by atoms with E-state index in [-0.39, 0.29) is 12.0 Å². The van der Waals surface area contributed by atoms with Gasteiger partial charge in [-0.15, -0.1) is 0 Å². The SMILES string of the molecule is CN1CC(NCC(O)CN2CCCC2)CCC1=O. The summed E-state index contributed by atoms with van der Waals surface area (Å²) in [6.45, 7) is 4.41. The van der Waals surface area contributed by atoms with Crippen molar-refractivity contribution in [2.45, 2.75) is 37.8 Å². The van der Waals surface area contributed by atoms with Crippen molar-refractivity contribution in [3.05, 3.63) is 0 Å². The summed E-state index contributed by atoms with van der Waals surface area (Å²) in [7, 11) is 1.84. The Labute approximate surface area is 109 Å². The van der Waals surface area contributed by atoms with Crippen LogP contribution in [0.15, 0.2) is 0 Å². The van der Waals surface area contributed by atoms with Crippen molar-refractivity contribution >= 4 is 5.91 Å². The molecule has 0 aliphatic carbocycles. The molecule has 0 aromatic rings. The van der Waals surface area contributed by atoms with Gasteiger partial charge in [0.1, 0.15) is 0 Å². The number of likely N-dealkylation sites (tertiary alicyclic amines) is 2. The molecule has 2 unspecified atom stereocenters. The average Bonchev–Trinajstić information content (AvgIpc) is 2.83. The Hall–Kier alpha value is -0.650. The van der Waals surface area contributed by atoms with Crippen molar-refractivity contribution in [3.63, 3.8) is 0 Å². The fourth-order valence-electron chi connectivity index (χ4n) is 2.81. The number of nitrogens with zero attached hydrogens (tertiary/aromatic N) is 2. The Morgan fingerprint density at radius 1 is 1.44 bits per heavy atom. The molecule has 1 amide bonds. The molecule has 2 N–H and O–H groups in total. The van der Waals surface area contributed by atoms with Crippen molar-refractivity contribution in [1.82, 2.24) is 15.1 Å². The van der Waals surface area contributed by atoms with Crippen molar-refractivity contribution < 1.29 is 9.90 Å². The number of hydrogen-bond acceptors (Lipinski definition) is 4. The predicted octanol–water partition coefficient (Wildman–Crippen LogP) is -0.346. The normalized spacial score (nSPS) is 27.8. The summed E-state index contributed by atoms with van der Waals surface area (Å²) in [5, 5.41) is 13.3. The number of likely N-dealkylation sites (N-methyl/N-ethyl adjacent to an activating group) is 1. The topological polar surface area (TPSA) is 55.8 Å². The van der Waals surface area contributed by atoms with Crippen molar-refractivity contribution in [3.8, 4) is 0 Å². The molecule has 0 spiro atoms. The number of piperidine rings is 1. The maximum atomic E-state index is 11.3. The van der Waals surface area contributed by atoms with E-state index >= 15 is 0 Å². The van der Waals surface area contributed by atoms with E-state index in [0.717, 1.165) is 32.6 Å². The van der Waals surface area contributed by atoms with E-state index in [4.69, 9.17) is 0 Å². The highest BCUT2D eigenvalue weighted by atomic mass is 16.3. The van der Waals surface area contributed by atoms with Gasteiger partial charge >= 0.3 is 0 Å². The molecule has 2 aliphatic heterocycles. The molecule has 2 aliphatic rings. The smallest absolute Gasteiger partial charge is 0.222 e. The van der Waals surface area contributed by atoms with Crippen LogP contribution in [-0.4, -0.2) is 72.7 Å². The number of nitrogens with one attached hydrogen (secondary N) is 1. The average molecular weight is 255 g/mol. The molecule has 2 heterocycles. The Bertz CT molecular complexity index is 279. The van der Waals surface area contributed by atoms with Gasteiger partial charge in [-0.1, -0.05) is 0 Å². The van der Waals surface area contributed by atoms with Gasteiger partial charge in [-0.2, -0.15) is 0 Å². The second kappa shape index (κ2) is 6.50. The minimum atomic E-state index is -0.300. The Morgan fingerprint density at radius 3 is 2.83 bits per heavy atom. The Balaban J connectivity index is 1.63. The molecule has 0 aromatic heterocycles. The standard InChI is InChI=1S/C13H25N3O2/c1-15-9-11(4-5-13(15)18)14-8-12(17)10-16-6-2-3-7-16/h11-12,14,17H,2-10H2,1H3. The maximum Gasteiger partial charge on any atom is 0.222 e. The molecule has 2 rings (SSSR count). The zero-order valence-corrected chi connectivity index (χ0v) is 11.3. The van der Waals surface area contributed by atoms with Gasteiger partial charge in [-0.3, -0.25) is 4.79 Å². The molecule has 18 heavy (non-hydrogen) atoms. The Morgan fingerprint density at radius 2 is 2.17 bits per heavy atom. The van der Waals surface area contributed by atoms with Gasteiger partial charge in [0.15, 0.2) is 0 Å². The van der Waals surface area contributed by atoms with Crippen LogP contribution in [0.25, 0.3) is 0 Å². The highest BCUT2D eigenvalue weighted by Crippen LogP contribution is 2.10. The van der Waals surface area contributed by atoms with Crippen molar-refractivity contribution in [2.24, 2.45) is 0 Å². The van der Waals surface area contributed by atoms with Gasteiger partial charge < -0.3 is 20.2 Å². The second-order valence-electron chi connectivity index (χ2n) is 5.58. The van der Waals surface area contributed by atoms with Gasteiger partial charge in [0, 0.05) is 39.1 Å². The van der Waals surface area contributed by atoms with E-state index in [2.05, 4.69) is 10.2 Å². The van der Waals surface area contributed by atoms with E-state index in [0.29, 0.717) is 19.0 Å². The summed E-state index contributed by atoms with van der Waals surface area (Å²) >= 11 is 0. The molecule has 5 nitrogen and oxygen atoms in total. The van der Waals surface area contributed by atoms with Crippen LogP contribution in [0.2, 0.25) is 0 Å². The fraction of sp³-hybridized carbons (Fsp3) is 0.923. The van der Waals surface area contributed by atoms with Crippen LogP contribution >= 0.6 is 0 Å². The lowest BCUT2D eigenvalue weighted by molar-refractivity contribution is -0.132. The molecule has 2 saturated heterocycles. The number of rotatable bonds is 5. The van der Waals surface area contributed by atoms with Crippen molar-refractivity contribution in [2.75, 3.05) is 39.8 Å². The first-order valence-corrected chi connectivity index (χ1v) is 7.03. The van der Waals surface area contributed by atoms with E-state index in [1.165, 1.54) is 12.8 Å². The number of carbonyl (C=O) groups is 1. The third-order valence-electron chi connectivity index (χ3n) is 3.94. The van der Waals surface area contributed by atoms with Gasteiger partial charge in [0.2, 0.25) is 5.91 Å². The van der Waals surface area contributed by atoms with Crippen LogP contribution in [0, 0.1) is 0 Å². The summed E-state index contributed by atoms with van der Waals surface area (Å²) in [6, 6.07) is 0.334. The van der Waals surface area contributed by atoms with Gasteiger partial charge in [-0.05, 0) is 32.4 Å². The van der Waals surface area contributed by atoms with Crippen LogP contribution in [0.3, 0.4) is 0 Å². The van der Waals surface area contributed by atoms with Crippen LogP contribution in [0.5, 0.6) is 0 Å². The third-order valence-corrected chi connectivity index (χ3v) is 3.94. The minimum Gasteiger partial charge on any atom is -0.390 e. The van der Waals surface area contributed by atoms with Crippen LogP contribution in [0.1, 0.15) is 25.7 Å². The fourth-order valence-corrected chi connectivity index (χ4v) is 2.81. The Kier molecular flexibility index (Phi) is 4.97. The lowest BCUT2D eigenvalue weighted by Crippen LogP contribution is -2.49. The van der Waals surface area contributed by atoms with E-state index in [1.807, 2.05) is 7.05 Å². The highest BCUT2D eigenvalue weighted by Gasteiger charge is 2.23.